The average Bonchev–Trinajstić information content (AvgIpc) is 2.54. The van der Waals surface area contributed by atoms with Crippen molar-refractivity contribution in [3.8, 4) is 0 Å². The maximum absolute atomic E-state index is 11.8. The molecule has 6 nitrogen and oxygen atoms in total. The number of hydrogen-bond donors (Lipinski definition) is 2. The molecule has 1 saturated heterocycles. The predicted molar refractivity (Wildman–Crippen MR) is 89.1 cm³/mol. The van der Waals surface area contributed by atoms with Crippen molar-refractivity contribution >= 4 is 23.4 Å². The highest BCUT2D eigenvalue weighted by Crippen LogP contribution is 2.24. The van der Waals surface area contributed by atoms with Crippen LogP contribution >= 0.6 is 0 Å². The largest absolute Gasteiger partial charge is 0.370 e. The molecule has 1 aromatic rings. The molecule has 1 fully saturated rings. The molecule has 0 spiro atoms. The minimum absolute atomic E-state index is 0.179. The summed E-state index contributed by atoms with van der Waals surface area (Å²) >= 11 is 0. The van der Waals surface area contributed by atoms with Crippen molar-refractivity contribution in [2.24, 2.45) is 0 Å². The molecule has 2 amide bonds. The van der Waals surface area contributed by atoms with Gasteiger partial charge in [0.05, 0.1) is 5.92 Å². The lowest BCUT2D eigenvalue weighted by Crippen LogP contribution is -2.39. The van der Waals surface area contributed by atoms with Gasteiger partial charge < -0.3 is 10.1 Å². The lowest BCUT2D eigenvalue weighted by atomic mass is 9.92. The minimum atomic E-state index is -0.304. The van der Waals surface area contributed by atoms with Crippen molar-refractivity contribution in [3.63, 3.8) is 0 Å². The van der Waals surface area contributed by atoms with Crippen LogP contribution in [0.1, 0.15) is 57.9 Å². The van der Waals surface area contributed by atoms with Crippen molar-refractivity contribution in [1.82, 2.24) is 10.3 Å². The fourth-order valence-electron chi connectivity index (χ4n) is 2.28. The van der Waals surface area contributed by atoms with Gasteiger partial charge in [-0.05, 0) is 31.4 Å². The molecule has 2 heterocycles. The summed E-state index contributed by atoms with van der Waals surface area (Å²) in [6.45, 7) is 6.26. The predicted octanol–water partition coefficient (Wildman–Crippen LogP) is 2.41. The molecule has 1 unspecified atom stereocenters. The highest BCUT2D eigenvalue weighted by Gasteiger charge is 2.27. The van der Waals surface area contributed by atoms with Crippen LogP contribution in [0, 0.1) is 0 Å². The van der Waals surface area contributed by atoms with Gasteiger partial charge in [0.25, 0.3) is 0 Å². The number of nitrogens with zero attached hydrogens (tertiary/aromatic N) is 1. The number of imide groups is 1. The number of pyridine rings is 1. The van der Waals surface area contributed by atoms with Crippen LogP contribution in [0.15, 0.2) is 18.3 Å². The Morgan fingerprint density at radius 2 is 2.09 bits per heavy atom. The Bertz CT molecular complexity index is 541. The Kier molecular flexibility index (Phi) is 7.94. The van der Waals surface area contributed by atoms with E-state index in [1.165, 1.54) is 0 Å². The molecule has 1 aliphatic heterocycles. The lowest BCUT2D eigenvalue weighted by molar-refractivity contribution is -0.134. The number of carbonyl (C=O) groups excluding carboxylic acids is 3. The molecule has 1 atom stereocenters. The molecule has 0 saturated carbocycles. The lowest BCUT2D eigenvalue weighted by Gasteiger charge is -2.20. The van der Waals surface area contributed by atoms with E-state index in [1.807, 2.05) is 26.0 Å². The van der Waals surface area contributed by atoms with Crippen LogP contribution in [-0.2, 0) is 14.4 Å². The molecule has 126 valence electrons. The number of piperidine rings is 1. The van der Waals surface area contributed by atoms with Crippen molar-refractivity contribution in [3.05, 3.63) is 23.9 Å². The van der Waals surface area contributed by atoms with Crippen molar-refractivity contribution in [1.29, 1.82) is 0 Å². The van der Waals surface area contributed by atoms with E-state index in [0.717, 1.165) is 17.8 Å². The third-order valence-electron chi connectivity index (χ3n) is 3.44. The first-order valence-corrected chi connectivity index (χ1v) is 8.09. The molecule has 0 radical (unpaired) electrons. The van der Waals surface area contributed by atoms with Gasteiger partial charge in [0.1, 0.15) is 11.6 Å². The molecule has 0 aliphatic carbocycles. The maximum Gasteiger partial charge on any atom is 0.234 e. The zero-order valence-corrected chi connectivity index (χ0v) is 14.0. The summed E-state index contributed by atoms with van der Waals surface area (Å²) in [5.41, 5.74) is 0.814. The SMILES string of the molecule is CC.CC(=O)CCCNc1ccc(C2CCC(=O)NC2=O)cn1. The second-order valence-electron chi connectivity index (χ2n) is 5.21. The first kappa shape index (κ1) is 18.8. The van der Waals surface area contributed by atoms with Crippen LogP contribution in [-0.4, -0.2) is 29.1 Å². The summed E-state index contributed by atoms with van der Waals surface area (Å²) in [6.07, 6.45) is 3.87. The van der Waals surface area contributed by atoms with Crippen LogP contribution in [0.2, 0.25) is 0 Å². The number of hydrogen-bond acceptors (Lipinski definition) is 5. The third kappa shape index (κ3) is 6.18. The number of nitrogens with one attached hydrogen (secondary N) is 2. The van der Waals surface area contributed by atoms with E-state index < -0.39 is 0 Å². The zero-order chi connectivity index (χ0) is 17.2. The molecule has 6 heteroatoms. The first-order chi connectivity index (χ1) is 11.1. The van der Waals surface area contributed by atoms with E-state index in [4.69, 9.17) is 0 Å². The number of carbonyl (C=O) groups is 3. The van der Waals surface area contributed by atoms with Gasteiger partial charge in [-0.3, -0.25) is 14.9 Å². The minimum Gasteiger partial charge on any atom is -0.370 e. The van der Waals surface area contributed by atoms with E-state index in [1.54, 1.807) is 13.1 Å². The maximum atomic E-state index is 11.8. The smallest absolute Gasteiger partial charge is 0.234 e. The van der Waals surface area contributed by atoms with E-state index in [-0.39, 0.29) is 23.5 Å². The van der Waals surface area contributed by atoms with Gasteiger partial charge in [-0.15, -0.1) is 0 Å². The molecule has 1 aliphatic rings. The summed E-state index contributed by atoms with van der Waals surface area (Å²) in [4.78, 5) is 38.0. The Hall–Kier alpha value is -2.24. The topological polar surface area (TPSA) is 88.2 Å². The highest BCUT2D eigenvalue weighted by molar-refractivity contribution is 6.00. The second kappa shape index (κ2) is 9.71. The zero-order valence-electron chi connectivity index (χ0n) is 14.0. The monoisotopic (exact) mass is 319 g/mol. The molecule has 23 heavy (non-hydrogen) atoms. The summed E-state index contributed by atoms with van der Waals surface area (Å²) < 4.78 is 0. The molecule has 2 N–H and O–H groups in total. The molecular formula is C17H25N3O3. The quantitative estimate of drug-likeness (QED) is 0.621. The van der Waals surface area contributed by atoms with Crippen LogP contribution in [0.25, 0.3) is 0 Å². The van der Waals surface area contributed by atoms with Crippen molar-refractivity contribution < 1.29 is 14.4 Å². The van der Waals surface area contributed by atoms with Gasteiger partial charge in [-0.1, -0.05) is 19.9 Å². The van der Waals surface area contributed by atoms with E-state index >= 15 is 0 Å². The van der Waals surface area contributed by atoms with Crippen LogP contribution in [0.4, 0.5) is 5.82 Å². The highest BCUT2D eigenvalue weighted by atomic mass is 16.2. The fourth-order valence-corrected chi connectivity index (χ4v) is 2.28. The number of amides is 2. The summed E-state index contributed by atoms with van der Waals surface area (Å²) in [6, 6.07) is 3.66. The van der Waals surface area contributed by atoms with Crippen molar-refractivity contribution in [2.75, 3.05) is 11.9 Å². The summed E-state index contributed by atoms with van der Waals surface area (Å²) in [7, 11) is 0. The molecule has 0 aromatic carbocycles. The van der Waals surface area contributed by atoms with E-state index in [2.05, 4.69) is 15.6 Å². The molecule has 0 bridgehead atoms. The summed E-state index contributed by atoms with van der Waals surface area (Å²) in [5, 5.41) is 5.47. The standard InChI is InChI=1S/C15H19N3O3.C2H6/c1-10(19)3-2-8-16-13-6-4-11(9-17-13)12-5-7-14(20)18-15(12)21;1-2/h4,6,9,12H,2-3,5,7-8H2,1H3,(H,16,17)(H,18,20,21);1-2H3. The van der Waals surface area contributed by atoms with E-state index in [9.17, 15) is 14.4 Å². The van der Waals surface area contributed by atoms with Gasteiger partial charge in [0, 0.05) is 25.6 Å². The second-order valence-corrected chi connectivity index (χ2v) is 5.21. The van der Waals surface area contributed by atoms with Crippen molar-refractivity contribution in [2.45, 2.75) is 52.4 Å². The summed E-state index contributed by atoms with van der Waals surface area (Å²) in [5.74, 6) is 0.123. The van der Waals surface area contributed by atoms with Gasteiger partial charge in [0.15, 0.2) is 0 Å². The Morgan fingerprint density at radius 3 is 2.65 bits per heavy atom. The molecular weight excluding hydrogens is 294 g/mol. The Labute approximate surface area is 137 Å². The number of aromatic nitrogens is 1. The first-order valence-electron chi connectivity index (χ1n) is 8.09. The van der Waals surface area contributed by atoms with Crippen LogP contribution in [0.5, 0.6) is 0 Å². The van der Waals surface area contributed by atoms with Crippen LogP contribution in [0.3, 0.4) is 0 Å². The van der Waals surface area contributed by atoms with Gasteiger partial charge in [0.2, 0.25) is 11.8 Å². The molecule has 1 aromatic heterocycles. The van der Waals surface area contributed by atoms with E-state index in [0.29, 0.717) is 25.8 Å². The van der Waals surface area contributed by atoms with Gasteiger partial charge in [-0.25, -0.2) is 4.98 Å². The number of rotatable bonds is 6. The number of Topliss-reactive ketones (excluding diaryl/α,β-unsaturated/α-hetero) is 1. The Balaban J connectivity index is 0.00000127. The number of anilines is 1. The number of ketones is 1. The van der Waals surface area contributed by atoms with Gasteiger partial charge in [-0.2, -0.15) is 0 Å². The molecule has 2 rings (SSSR count). The average molecular weight is 319 g/mol. The van der Waals surface area contributed by atoms with Crippen LogP contribution < -0.4 is 10.6 Å². The normalized spacial score (nSPS) is 16.9. The third-order valence-corrected chi connectivity index (χ3v) is 3.44. The Morgan fingerprint density at radius 1 is 1.35 bits per heavy atom. The van der Waals surface area contributed by atoms with Gasteiger partial charge >= 0.3 is 0 Å². The fraction of sp³-hybridized carbons (Fsp3) is 0.529.